The van der Waals surface area contributed by atoms with E-state index in [0.29, 0.717) is 0 Å². The van der Waals surface area contributed by atoms with Gasteiger partial charge in [-0.1, -0.05) is 17.7 Å². The van der Waals surface area contributed by atoms with Gasteiger partial charge in [0.1, 0.15) is 0 Å². The molecular weight excluding hydrogens is 166 g/mol. The highest BCUT2D eigenvalue weighted by Gasteiger charge is 1.91. The van der Waals surface area contributed by atoms with E-state index in [9.17, 15) is 0 Å². The number of hydrogen-bond donors (Lipinski definition) is 1. The molecule has 0 spiro atoms. The Morgan fingerprint density at radius 2 is 1.92 bits per heavy atom. The molecule has 1 rings (SSSR count). The van der Waals surface area contributed by atoms with Crippen LogP contribution in [-0.4, -0.2) is 12.3 Å². The van der Waals surface area contributed by atoms with E-state index in [4.69, 9.17) is 5.73 Å². The fourth-order valence-corrected chi connectivity index (χ4v) is 1.78. The lowest BCUT2D eigenvalue weighted by atomic mass is 10.2. The number of rotatable bonds is 4. The monoisotopic (exact) mass is 181 g/mol. The van der Waals surface area contributed by atoms with Crippen molar-refractivity contribution >= 4 is 11.8 Å². The molecule has 2 N–H and O–H groups in total. The van der Waals surface area contributed by atoms with Crippen molar-refractivity contribution in [3.8, 4) is 0 Å². The SMILES string of the molecule is Cc1ccc(SCCCN)cc1. The third kappa shape index (κ3) is 3.28. The predicted molar refractivity (Wildman–Crippen MR) is 55.6 cm³/mol. The molecule has 0 aliphatic heterocycles. The van der Waals surface area contributed by atoms with Crippen LogP contribution in [0.4, 0.5) is 0 Å². The number of hydrogen-bond acceptors (Lipinski definition) is 2. The lowest BCUT2D eigenvalue weighted by Gasteiger charge is -2.00. The Labute approximate surface area is 78.4 Å². The van der Waals surface area contributed by atoms with Crippen molar-refractivity contribution in [2.45, 2.75) is 18.2 Å². The fraction of sp³-hybridized carbons (Fsp3) is 0.400. The van der Waals surface area contributed by atoms with Gasteiger partial charge in [0, 0.05) is 4.90 Å². The van der Waals surface area contributed by atoms with Crippen molar-refractivity contribution in [2.75, 3.05) is 12.3 Å². The van der Waals surface area contributed by atoms with E-state index in [2.05, 4.69) is 31.2 Å². The number of nitrogens with two attached hydrogens (primary N) is 1. The molecular formula is C10H15NS. The molecule has 0 saturated carbocycles. The molecule has 2 heteroatoms. The van der Waals surface area contributed by atoms with Crippen LogP contribution in [0.15, 0.2) is 29.2 Å². The highest BCUT2D eigenvalue weighted by Crippen LogP contribution is 2.18. The maximum atomic E-state index is 5.40. The van der Waals surface area contributed by atoms with Gasteiger partial charge in [0.25, 0.3) is 0 Å². The molecule has 0 atom stereocenters. The van der Waals surface area contributed by atoms with Crippen LogP contribution >= 0.6 is 11.8 Å². The molecule has 12 heavy (non-hydrogen) atoms. The second-order valence-corrected chi connectivity index (χ2v) is 3.97. The van der Waals surface area contributed by atoms with Crippen molar-refractivity contribution < 1.29 is 0 Å². The average Bonchev–Trinajstić information content (AvgIpc) is 2.09. The third-order valence-corrected chi connectivity index (χ3v) is 2.74. The Morgan fingerprint density at radius 3 is 2.50 bits per heavy atom. The molecule has 0 radical (unpaired) electrons. The van der Waals surface area contributed by atoms with Gasteiger partial charge in [-0.3, -0.25) is 0 Å². The van der Waals surface area contributed by atoms with Gasteiger partial charge in [-0.2, -0.15) is 0 Å². The summed E-state index contributed by atoms with van der Waals surface area (Å²) < 4.78 is 0. The van der Waals surface area contributed by atoms with Crippen LogP contribution in [-0.2, 0) is 0 Å². The van der Waals surface area contributed by atoms with Gasteiger partial charge >= 0.3 is 0 Å². The van der Waals surface area contributed by atoms with E-state index >= 15 is 0 Å². The molecule has 0 aliphatic rings. The van der Waals surface area contributed by atoms with Gasteiger partial charge in [0.15, 0.2) is 0 Å². The first kappa shape index (κ1) is 9.62. The third-order valence-electron chi connectivity index (χ3n) is 1.64. The van der Waals surface area contributed by atoms with Crippen LogP contribution in [0.25, 0.3) is 0 Å². The zero-order valence-corrected chi connectivity index (χ0v) is 8.23. The summed E-state index contributed by atoms with van der Waals surface area (Å²) in [7, 11) is 0. The van der Waals surface area contributed by atoms with Crippen LogP contribution in [0.3, 0.4) is 0 Å². The van der Waals surface area contributed by atoms with Crippen molar-refractivity contribution in [1.82, 2.24) is 0 Å². The Kier molecular flexibility index (Phi) is 4.19. The van der Waals surface area contributed by atoms with Gasteiger partial charge in [-0.25, -0.2) is 0 Å². The predicted octanol–water partition coefficient (Wildman–Crippen LogP) is 2.44. The lowest BCUT2D eigenvalue weighted by Crippen LogP contribution is -1.99. The normalized spacial score (nSPS) is 10.2. The molecule has 0 amide bonds. The van der Waals surface area contributed by atoms with E-state index in [1.54, 1.807) is 0 Å². The first-order chi connectivity index (χ1) is 5.83. The van der Waals surface area contributed by atoms with Crippen molar-refractivity contribution in [3.05, 3.63) is 29.8 Å². The maximum Gasteiger partial charge on any atom is 0.00721 e. The molecule has 1 aromatic carbocycles. The van der Waals surface area contributed by atoms with Crippen LogP contribution in [0.2, 0.25) is 0 Å². The minimum absolute atomic E-state index is 0.791. The summed E-state index contributed by atoms with van der Waals surface area (Å²) in [4.78, 5) is 1.34. The summed E-state index contributed by atoms with van der Waals surface area (Å²) in [6.07, 6.45) is 1.10. The van der Waals surface area contributed by atoms with Gasteiger partial charge in [0.2, 0.25) is 0 Å². The molecule has 0 aliphatic carbocycles. The standard InChI is InChI=1S/C10H15NS/c1-9-3-5-10(6-4-9)12-8-2-7-11/h3-6H,2,7-8,11H2,1H3. The first-order valence-electron chi connectivity index (χ1n) is 4.22. The van der Waals surface area contributed by atoms with Gasteiger partial charge < -0.3 is 5.73 Å². The Morgan fingerprint density at radius 1 is 1.25 bits per heavy atom. The smallest absolute Gasteiger partial charge is 0.00721 e. The Hall–Kier alpha value is -0.470. The van der Waals surface area contributed by atoms with Crippen molar-refractivity contribution in [3.63, 3.8) is 0 Å². The molecule has 1 aromatic rings. The minimum Gasteiger partial charge on any atom is -0.330 e. The maximum absolute atomic E-state index is 5.40. The zero-order chi connectivity index (χ0) is 8.81. The topological polar surface area (TPSA) is 26.0 Å². The second-order valence-electron chi connectivity index (χ2n) is 2.80. The van der Waals surface area contributed by atoms with E-state index in [1.165, 1.54) is 10.5 Å². The van der Waals surface area contributed by atoms with E-state index in [1.807, 2.05) is 11.8 Å². The van der Waals surface area contributed by atoms with Crippen LogP contribution in [0, 0.1) is 6.92 Å². The van der Waals surface area contributed by atoms with Gasteiger partial charge in [0.05, 0.1) is 0 Å². The quantitative estimate of drug-likeness (QED) is 0.570. The van der Waals surface area contributed by atoms with E-state index in [-0.39, 0.29) is 0 Å². The summed E-state index contributed by atoms with van der Waals surface area (Å²) in [5.74, 6) is 1.12. The summed E-state index contributed by atoms with van der Waals surface area (Å²) >= 11 is 1.87. The fourth-order valence-electron chi connectivity index (χ4n) is 0.908. The van der Waals surface area contributed by atoms with Gasteiger partial charge in [-0.15, -0.1) is 11.8 Å². The number of benzene rings is 1. The number of thioether (sulfide) groups is 1. The highest BCUT2D eigenvalue weighted by atomic mass is 32.2. The summed E-state index contributed by atoms with van der Waals surface area (Å²) in [6.45, 7) is 2.90. The summed E-state index contributed by atoms with van der Waals surface area (Å²) in [5, 5.41) is 0. The molecule has 0 bridgehead atoms. The largest absolute Gasteiger partial charge is 0.330 e. The Bertz CT molecular complexity index is 218. The first-order valence-corrected chi connectivity index (χ1v) is 5.21. The van der Waals surface area contributed by atoms with Crippen LogP contribution in [0.1, 0.15) is 12.0 Å². The molecule has 0 fully saturated rings. The molecule has 66 valence electrons. The molecule has 1 nitrogen and oxygen atoms in total. The second kappa shape index (κ2) is 5.22. The zero-order valence-electron chi connectivity index (χ0n) is 7.42. The Balaban J connectivity index is 2.37. The molecule has 0 aromatic heterocycles. The number of aryl methyl sites for hydroxylation is 1. The van der Waals surface area contributed by atoms with Crippen molar-refractivity contribution in [2.24, 2.45) is 5.73 Å². The summed E-state index contributed by atoms with van der Waals surface area (Å²) in [5.41, 5.74) is 6.72. The molecule has 0 saturated heterocycles. The van der Waals surface area contributed by atoms with E-state index in [0.717, 1.165) is 18.7 Å². The highest BCUT2D eigenvalue weighted by molar-refractivity contribution is 7.99. The minimum atomic E-state index is 0.791. The summed E-state index contributed by atoms with van der Waals surface area (Å²) in [6, 6.07) is 8.61. The lowest BCUT2D eigenvalue weighted by molar-refractivity contribution is 0.943. The van der Waals surface area contributed by atoms with Crippen LogP contribution < -0.4 is 5.73 Å². The van der Waals surface area contributed by atoms with Gasteiger partial charge in [-0.05, 0) is 37.8 Å². The molecule has 0 heterocycles. The van der Waals surface area contributed by atoms with E-state index < -0.39 is 0 Å². The molecule has 0 unspecified atom stereocenters. The van der Waals surface area contributed by atoms with Crippen LogP contribution in [0.5, 0.6) is 0 Å². The average molecular weight is 181 g/mol. The van der Waals surface area contributed by atoms with Crippen molar-refractivity contribution in [1.29, 1.82) is 0 Å².